The lowest BCUT2D eigenvalue weighted by molar-refractivity contribution is -0.122. The monoisotopic (exact) mass is 418 g/mol. The van der Waals surface area contributed by atoms with Crippen molar-refractivity contribution in [1.82, 2.24) is 0 Å². The highest BCUT2D eigenvalue weighted by molar-refractivity contribution is 7.92. The van der Waals surface area contributed by atoms with Crippen molar-refractivity contribution >= 4 is 27.3 Å². The molecule has 2 aromatic carbocycles. The maximum atomic E-state index is 12.6. The predicted molar refractivity (Wildman–Crippen MR) is 118 cm³/mol. The zero-order valence-electron chi connectivity index (χ0n) is 17.5. The van der Waals surface area contributed by atoms with Gasteiger partial charge in [0.15, 0.2) is 6.10 Å². The molecule has 0 saturated heterocycles. The van der Waals surface area contributed by atoms with Gasteiger partial charge in [-0.3, -0.25) is 9.10 Å². The number of rotatable bonds is 10. The third kappa shape index (κ3) is 6.78. The highest BCUT2D eigenvalue weighted by Gasteiger charge is 2.19. The lowest BCUT2D eigenvalue weighted by Gasteiger charge is -2.19. The highest BCUT2D eigenvalue weighted by Crippen LogP contribution is 2.22. The van der Waals surface area contributed by atoms with Crippen LogP contribution in [0.5, 0.6) is 5.75 Å². The molecule has 0 heterocycles. The second-order valence-electron chi connectivity index (χ2n) is 7.03. The van der Waals surface area contributed by atoms with Gasteiger partial charge in [0.2, 0.25) is 10.0 Å². The van der Waals surface area contributed by atoms with Crippen molar-refractivity contribution in [2.75, 3.05) is 22.9 Å². The number of unbranched alkanes of at least 4 members (excludes halogenated alkanes) is 1. The van der Waals surface area contributed by atoms with Gasteiger partial charge in [0.05, 0.1) is 11.9 Å². The maximum Gasteiger partial charge on any atom is 0.265 e. The standard InChI is InChI=1S/C22H30N2O4S/c1-5-7-8-17-9-11-18(12-10-17)23-22(25)21(6-2)28-20-15-13-19(14-16-20)24(3)29(4,26)27/h9-16,21H,5-8H2,1-4H3,(H,23,25). The van der Waals surface area contributed by atoms with Crippen LogP contribution in [0.4, 0.5) is 11.4 Å². The van der Waals surface area contributed by atoms with Crippen molar-refractivity contribution in [3.8, 4) is 5.75 Å². The Morgan fingerprint density at radius 2 is 1.69 bits per heavy atom. The number of hydrogen-bond acceptors (Lipinski definition) is 4. The summed E-state index contributed by atoms with van der Waals surface area (Å²) in [5.74, 6) is 0.290. The van der Waals surface area contributed by atoms with E-state index in [9.17, 15) is 13.2 Å². The summed E-state index contributed by atoms with van der Waals surface area (Å²) in [5, 5.41) is 2.89. The number of benzene rings is 2. The number of carbonyl (C=O) groups is 1. The van der Waals surface area contributed by atoms with Gasteiger partial charge in [0, 0.05) is 12.7 Å². The van der Waals surface area contributed by atoms with E-state index >= 15 is 0 Å². The van der Waals surface area contributed by atoms with Gasteiger partial charge in [0.25, 0.3) is 5.91 Å². The van der Waals surface area contributed by atoms with E-state index in [1.807, 2.05) is 31.2 Å². The minimum Gasteiger partial charge on any atom is -0.481 e. The van der Waals surface area contributed by atoms with Crippen molar-refractivity contribution in [3.05, 3.63) is 54.1 Å². The largest absolute Gasteiger partial charge is 0.481 e. The zero-order chi connectivity index (χ0) is 21.4. The van der Waals surface area contributed by atoms with E-state index in [0.717, 1.165) is 31.2 Å². The number of nitrogens with zero attached hydrogens (tertiary/aromatic N) is 1. The Bertz CT molecular complexity index is 893. The van der Waals surface area contributed by atoms with Crippen LogP contribution >= 0.6 is 0 Å². The quantitative estimate of drug-likeness (QED) is 0.627. The molecule has 0 aromatic heterocycles. The van der Waals surface area contributed by atoms with Gasteiger partial charge in [-0.2, -0.15) is 0 Å². The van der Waals surface area contributed by atoms with E-state index in [1.54, 1.807) is 24.3 Å². The highest BCUT2D eigenvalue weighted by atomic mass is 32.2. The van der Waals surface area contributed by atoms with Gasteiger partial charge in [-0.1, -0.05) is 32.4 Å². The van der Waals surface area contributed by atoms with Crippen molar-refractivity contribution in [2.45, 2.75) is 45.6 Å². The third-order valence-electron chi connectivity index (χ3n) is 4.68. The molecule has 0 radical (unpaired) electrons. The lowest BCUT2D eigenvalue weighted by atomic mass is 10.1. The number of ether oxygens (including phenoxy) is 1. The molecule has 2 rings (SSSR count). The van der Waals surface area contributed by atoms with Crippen molar-refractivity contribution in [1.29, 1.82) is 0 Å². The maximum absolute atomic E-state index is 12.6. The zero-order valence-corrected chi connectivity index (χ0v) is 18.3. The number of carbonyl (C=O) groups excluding carboxylic acids is 1. The summed E-state index contributed by atoms with van der Waals surface area (Å²) in [6.45, 7) is 4.04. The van der Waals surface area contributed by atoms with E-state index in [-0.39, 0.29) is 5.91 Å². The Morgan fingerprint density at radius 1 is 1.07 bits per heavy atom. The van der Waals surface area contributed by atoms with Gasteiger partial charge in [-0.25, -0.2) is 8.42 Å². The van der Waals surface area contributed by atoms with Crippen LogP contribution in [0.2, 0.25) is 0 Å². The third-order valence-corrected chi connectivity index (χ3v) is 5.89. The fraction of sp³-hybridized carbons (Fsp3) is 0.409. The van der Waals surface area contributed by atoms with E-state index in [4.69, 9.17) is 4.74 Å². The van der Waals surface area contributed by atoms with Crippen LogP contribution < -0.4 is 14.4 Å². The fourth-order valence-corrected chi connectivity index (χ4v) is 3.28. The van der Waals surface area contributed by atoms with E-state index in [0.29, 0.717) is 17.9 Å². The Morgan fingerprint density at radius 3 is 2.21 bits per heavy atom. The Balaban J connectivity index is 1.99. The van der Waals surface area contributed by atoms with E-state index < -0.39 is 16.1 Å². The van der Waals surface area contributed by atoms with Crippen molar-refractivity contribution in [2.24, 2.45) is 0 Å². The fourth-order valence-electron chi connectivity index (χ4n) is 2.77. The number of sulfonamides is 1. The molecule has 0 aliphatic heterocycles. The first-order valence-corrected chi connectivity index (χ1v) is 11.7. The number of amides is 1. The number of hydrogen-bond donors (Lipinski definition) is 1. The van der Waals surface area contributed by atoms with E-state index in [1.165, 1.54) is 16.9 Å². The SMILES string of the molecule is CCCCc1ccc(NC(=O)C(CC)Oc2ccc(N(C)S(C)(=O)=O)cc2)cc1. The molecule has 158 valence electrons. The van der Waals surface area contributed by atoms with Crippen LogP contribution in [0.25, 0.3) is 0 Å². The topological polar surface area (TPSA) is 75.7 Å². The minimum absolute atomic E-state index is 0.217. The van der Waals surface area contributed by atoms with Crippen molar-refractivity contribution in [3.63, 3.8) is 0 Å². The summed E-state index contributed by atoms with van der Waals surface area (Å²) in [6.07, 6.45) is 4.34. The van der Waals surface area contributed by atoms with Crippen LogP contribution in [0, 0.1) is 0 Å². The number of aryl methyl sites for hydroxylation is 1. The summed E-state index contributed by atoms with van der Waals surface area (Å²) < 4.78 is 30.2. The molecule has 0 saturated carbocycles. The minimum atomic E-state index is -3.32. The summed E-state index contributed by atoms with van der Waals surface area (Å²) in [7, 11) is -1.84. The van der Waals surface area contributed by atoms with Crippen LogP contribution in [-0.4, -0.2) is 33.7 Å². The second kappa shape index (κ2) is 10.3. The Labute approximate surface area is 173 Å². The molecule has 0 spiro atoms. The van der Waals surface area contributed by atoms with Gasteiger partial charge >= 0.3 is 0 Å². The first-order chi connectivity index (χ1) is 13.7. The first kappa shape index (κ1) is 22.7. The smallest absolute Gasteiger partial charge is 0.265 e. The molecule has 2 aromatic rings. The number of anilines is 2. The van der Waals surface area contributed by atoms with Crippen LogP contribution in [0.1, 0.15) is 38.7 Å². The lowest BCUT2D eigenvalue weighted by Crippen LogP contribution is -2.32. The molecule has 0 aliphatic rings. The predicted octanol–water partition coefficient (Wildman–Crippen LogP) is 4.22. The van der Waals surface area contributed by atoms with Crippen LogP contribution in [0.3, 0.4) is 0 Å². The van der Waals surface area contributed by atoms with Crippen molar-refractivity contribution < 1.29 is 17.9 Å². The molecule has 1 atom stereocenters. The molecule has 7 heteroatoms. The molecule has 0 fully saturated rings. The average molecular weight is 419 g/mol. The Hall–Kier alpha value is -2.54. The van der Waals surface area contributed by atoms with Gasteiger partial charge in [-0.05, 0) is 61.2 Å². The number of nitrogens with one attached hydrogen (secondary N) is 1. The molecule has 0 bridgehead atoms. The molecule has 1 amide bonds. The molecule has 1 N–H and O–H groups in total. The molecule has 6 nitrogen and oxygen atoms in total. The van der Waals surface area contributed by atoms with Crippen LogP contribution in [-0.2, 0) is 21.2 Å². The molecular formula is C22H30N2O4S. The summed E-state index contributed by atoms with van der Waals surface area (Å²) in [5.41, 5.74) is 2.52. The van der Waals surface area contributed by atoms with Gasteiger partial charge in [-0.15, -0.1) is 0 Å². The molecular weight excluding hydrogens is 388 g/mol. The first-order valence-electron chi connectivity index (χ1n) is 9.85. The average Bonchev–Trinajstić information content (AvgIpc) is 2.70. The normalized spacial score (nSPS) is 12.3. The summed E-state index contributed by atoms with van der Waals surface area (Å²) in [4.78, 5) is 12.6. The summed E-state index contributed by atoms with van der Waals surface area (Å²) in [6, 6.07) is 14.5. The van der Waals surface area contributed by atoms with Crippen LogP contribution in [0.15, 0.2) is 48.5 Å². The second-order valence-corrected chi connectivity index (χ2v) is 9.04. The van der Waals surface area contributed by atoms with Gasteiger partial charge in [0.1, 0.15) is 5.75 Å². The molecule has 0 aliphatic carbocycles. The Kier molecular flexibility index (Phi) is 8.08. The van der Waals surface area contributed by atoms with E-state index in [2.05, 4.69) is 12.2 Å². The molecule has 29 heavy (non-hydrogen) atoms. The molecule has 1 unspecified atom stereocenters. The van der Waals surface area contributed by atoms with Gasteiger partial charge < -0.3 is 10.1 Å². The summed E-state index contributed by atoms with van der Waals surface area (Å²) >= 11 is 0.